The van der Waals surface area contributed by atoms with E-state index in [2.05, 4.69) is 5.32 Å². The molecule has 0 aromatic carbocycles. The average Bonchev–Trinajstić information content (AvgIpc) is 2.65. The Hall–Kier alpha value is -1.11. The molecule has 0 spiro atoms. The lowest BCUT2D eigenvalue weighted by Crippen LogP contribution is -2.46. The molecule has 2 fully saturated rings. The van der Waals surface area contributed by atoms with Gasteiger partial charge in [-0.2, -0.15) is 0 Å². The summed E-state index contributed by atoms with van der Waals surface area (Å²) in [5.74, 6) is 0.520. The van der Waals surface area contributed by atoms with Crippen molar-refractivity contribution in [3.63, 3.8) is 0 Å². The fourth-order valence-electron chi connectivity index (χ4n) is 3.04. The molecular formula is C14H24N2O4S. The van der Waals surface area contributed by atoms with E-state index in [-0.39, 0.29) is 29.2 Å². The van der Waals surface area contributed by atoms with E-state index in [4.69, 9.17) is 0 Å². The van der Waals surface area contributed by atoms with Crippen LogP contribution in [0, 0.1) is 11.8 Å². The standard InChI is InChI=1S/C14H24N2O4S/c1-10(2)7-12-14(18)16(5-3-13(17)15-12)8-11-4-6-21(19,20)9-11/h10-12H,3-9H2,1-2H3,(H,15,17). The summed E-state index contributed by atoms with van der Waals surface area (Å²) in [7, 11) is -2.94. The number of hydrogen-bond donors (Lipinski definition) is 1. The van der Waals surface area contributed by atoms with E-state index in [1.165, 1.54) is 0 Å². The summed E-state index contributed by atoms with van der Waals surface area (Å²) in [4.78, 5) is 25.9. The fourth-order valence-corrected chi connectivity index (χ4v) is 4.88. The van der Waals surface area contributed by atoms with Gasteiger partial charge < -0.3 is 10.2 Å². The highest BCUT2D eigenvalue weighted by Gasteiger charge is 2.34. The Balaban J connectivity index is 2.03. The maximum atomic E-state index is 12.5. The largest absolute Gasteiger partial charge is 0.344 e. The van der Waals surface area contributed by atoms with Gasteiger partial charge in [0.15, 0.2) is 9.84 Å². The van der Waals surface area contributed by atoms with Crippen molar-refractivity contribution in [3.05, 3.63) is 0 Å². The van der Waals surface area contributed by atoms with Gasteiger partial charge in [0.05, 0.1) is 11.5 Å². The average molecular weight is 316 g/mol. The predicted molar refractivity (Wildman–Crippen MR) is 79.3 cm³/mol. The highest BCUT2D eigenvalue weighted by Crippen LogP contribution is 2.21. The molecule has 120 valence electrons. The maximum absolute atomic E-state index is 12.5. The minimum atomic E-state index is -2.94. The van der Waals surface area contributed by atoms with Gasteiger partial charge in [-0.3, -0.25) is 9.59 Å². The zero-order valence-corrected chi connectivity index (χ0v) is 13.5. The molecule has 7 heteroatoms. The summed E-state index contributed by atoms with van der Waals surface area (Å²) in [5, 5.41) is 2.78. The summed E-state index contributed by atoms with van der Waals surface area (Å²) in [6.07, 6.45) is 1.52. The van der Waals surface area contributed by atoms with Crippen molar-refractivity contribution >= 4 is 21.7 Å². The lowest BCUT2D eigenvalue weighted by molar-refractivity contribution is -0.134. The molecule has 2 amide bonds. The number of sulfone groups is 1. The van der Waals surface area contributed by atoms with Crippen LogP contribution in [-0.2, 0) is 19.4 Å². The molecule has 6 nitrogen and oxygen atoms in total. The topological polar surface area (TPSA) is 83.6 Å². The Bertz CT molecular complexity index is 515. The summed E-state index contributed by atoms with van der Waals surface area (Å²) < 4.78 is 23.0. The summed E-state index contributed by atoms with van der Waals surface area (Å²) in [6.45, 7) is 4.86. The lowest BCUT2D eigenvalue weighted by Gasteiger charge is -2.27. The molecule has 2 unspecified atom stereocenters. The Kier molecular flexibility index (Phi) is 4.91. The van der Waals surface area contributed by atoms with Crippen molar-refractivity contribution in [3.8, 4) is 0 Å². The van der Waals surface area contributed by atoms with E-state index in [0.717, 1.165) is 0 Å². The first kappa shape index (κ1) is 16.3. The molecule has 2 rings (SSSR count). The smallest absolute Gasteiger partial charge is 0.245 e. The summed E-state index contributed by atoms with van der Waals surface area (Å²) >= 11 is 0. The maximum Gasteiger partial charge on any atom is 0.245 e. The second kappa shape index (κ2) is 6.34. The highest BCUT2D eigenvalue weighted by atomic mass is 32.2. The normalized spacial score (nSPS) is 29.6. The summed E-state index contributed by atoms with van der Waals surface area (Å²) in [5.41, 5.74) is 0. The molecule has 0 radical (unpaired) electrons. The van der Waals surface area contributed by atoms with Gasteiger partial charge in [-0.05, 0) is 24.7 Å². The first-order valence-corrected chi connectivity index (χ1v) is 9.37. The van der Waals surface area contributed by atoms with Crippen LogP contribution in [0.4, 0.5) is 0 Å². The van der Waals surface area contributed by atoms with Crippen molar-refractivity contribution in [2.45, 2.75) is 39.2 Å². The third kappa shape index (κ3) is 4.43. The van der Waals surface area contributed by atoms with Crippen molar-refractivity contribution in [1.82, 2.24) is 10.2 Å². The first-order chi connectivity index (χ1) is 9.77. The van der Waals surface area contributed by atoms with Crippen LogP contribution < -0.4 is 5.32 Å². The second-order valence-corrected chi connectivity index (χ2v) is 8.78. The Labute approximate surface area is 126 Å². The first-order valence-electron chi connectivity index (χ1n) is 7.55. The number of carbonyl (C=O) groups is 2. The lowest BCUT2D eigenvalue weighted by atomic mass is 10.0. The Morgan fingerprint density at radius 2 is 2.05 bits per heavy atom. The molecule has 2 saturated heterocycles. The predicted octanol–water partition coefficient (Wildman–Crippen LogP) is 0.184. The third-order valence-electron chi connectivity index (χ3n) is 4.07. The van der Waals surface area contributed by atoms with Crippen LogP contribution in [-0.4, -0.2) is 55.8 Å². The van der Waals surface area contributed by atoms with Gasteiger partial charge in [-0.25, -0.2) is 8.42 Å². The van der Waals surface area contributed by atoms with Gasteiger partial charge in [-0.15, -0.1) is 0 Å². The molecule has 0 aromatic heterocycles. The Morgan fingerprint density at radius 3 is 2.62 bits per heavy atom. The van der Waals surface area contributed by atoms with E-state index >= 15 is 0 Å². The minimum absolute atomic E-state index is 0.00634. The van der Waals surface area contributed by atoms with E-state index in [1.54, 1.807) is 4.90 Å². The number of nitrogens with zero attached hydrogens (tertiary/aromatic N) is 1. The van der Waals surface area contributed by atoms with Crippen molar-refractivity contribution in [2.75, 3.05) is 24.6 Å². The van der Waals surface area contributed by atoms with Crippen LogP contribution >= 0.6 is 0 Å². The van der Waals surface area contributed by atoms with Crippen LogP contribution in [0.25, 0.3) is 0 Å². The van der Waals surface area contributed by atoms with Crippen molar-refractivity contribution in [2.24, 2.45) is 11.8 Å². The molecule has 21 heavy (non-hydrogen) atoms. The van der Waals surface area contributed by atoms with Crippen LogP contribution in [0.3, 0.4) is 0 Å². The van der Waals surface area contributed by atoms with E-state index < -0.39 is 15.9 Å². The highest BCUT2D eigenvalue weighted by molar-refractivity contribution is 7.91. The molecule has 2 aliphatic rings. The van der Waals surface area contributed by atoms with E-state index in [0.29, 0.717) is 38.3 Å². The van der Waals surface area contributed by atoms with Gasteiger partial charge in [0.1, 0.15) is 6.04 Å². The number of amides is 2. The van der Waals surface area contributed by atoms with Gasteiger partial charge >= 0.3 is 0 Å². The van der Waals surface area contributed by atoms with Crippen LogP contribution in [0.2, 0.25) is 0 Å². The molecule has 2 atom stereocenters. The van der Waals surface area contributed by atoms with Crippen LogP contribution in [0.5, 0.6) is 0 Å². The Morgan fingerprint density at radius 1 is 1.33 bits per heavy atom. The third-order valence-corrected chi connectivity index (χ3v) is 5.90. The quantitative estimate of drug-likeness (QED) is 0.802. The van der Waals surface area contributed by atoms with Crippen LogP contribution in [0.1, 0.15) is 33.1 Å². The zero-order valence-electron chi connectivity index (χ0n) is 12.7. The molecule has 0 bridgehead atoms. The number of hydrogen-bond acceptors (Lipinski definition) is 4. The number of nitrogens with one attached hydrogen (secondary N) is 1. The van der Waals surface area contributed by atoms with E-state index in [1.807, 2.05) is 13.8 Å². The molecule has 0 aromatic rings. The minimum Gasteiger partial charge on any atom is -0.344 e. The van der Waals surface area contributed by atoms with E-state index in [9.17, 15) is 18.0 Å². The summed E-state index contributed by atoms with van der Waals surface area (Å²) in [6, 6.07) is -0.474. The molecule has 2 aliphatic heterocycles. The number of rotatable bonds is 4. The monoisotopic (exact) mass is 316 g/mol. The molecule has 0 aliphatic carbocycles. The van der Waals surface area contributed by atoms with Crippen molar-refractivity contribution in [1.29, 1.82) is 0 Å². The van der Waals surface area contributed by atoms with Gasteiger partial charge in [0.25, 0.3) is 0 Å². The fraction of sp³-hybridized carbons (Fsp3) is 0.857. The van der Waals surface area contributed by atoms with Gasteiger partial charge in [0, 0.05) is 19.5 Å². The van der Waals surface area contributed by atoms with Crippen molar-refractivity contribution < 1.29 is 18.0 Å². The van der Waals surface area contributed by atoms with Gasteiger partial charge in [0.2, 0.25) is 11.8 Å². The second-order valence-electron chi connectivity index (χ2n) is 6.55. The SMILES string of the molecule is CC(C)CC1NC(=O)CCN(CC2CCS(=O)(=O)C2)C1=O. The zero-order chi connectivity index (χ0) is 15.6. The van der Waals surface area contributed by atoms with Gasteiger partial charge in [-0.1, -0.05) is 13.8 Å². The molecule has 1 N–H and O–H groups in total. The molecule has 0 saturated carbocycles. The molecular weight excluding hydrogens is 292 g/mol. The molecule has 2 heterocycles. The van der Waals surface area contributed by atoms with Crippen LogP contribution in [0.15, 0.2) is 0 Å². The number of carbonyl (C=O) groups excluding carboxylic acids is 2.